The maximum Gasteiger partial charge on any atom is 0.328 e. The van der Waals surface area contributed by atoms with E-state index in [4.69, 9.17) is 22.1 Å². The van der Waals surface area contributed by atoms with Crippen molar-refractivity contribution in [1.29, 1.82) is 0 Å². The summed E-state index contributed by atoms with van der Waals surface area (Å²) in [5.41, 5.74) is 8.48. The van der Waals surface area contributed by atoms with Crippen molar-refractivity contribution in [2.75, 3.05) is 18.2 Å². The van der Waals surface area contributed by atoms with Gasteiger partial charge in [0.1, 0.15) is 11.7 Å². The van der Waals surface area contributed by atoms with Gasteiger partial charge in [0.2, 0.25) is 5.95 Å². The van der Waals surface area contributed by atoms with E-state index in [1.807, 2.05) is 31.2 Å². The van der Waals surface area contributed by atoms with Crippen LogP contribution >= 0.6 is 11.6 Å². The average molecular weight is 363 g/mol. The molecule has 0 saturated carbocycles. The second-order valence-electron chi connectivity index (χ2n) is 5.62. The maximum atomic E-state index is 12.3. The Morgan fingerprint density at radius 2 is 2.00 bits per heavy atom. The Kier molecular flexibility index (Phi) is 4.91. The van der Waals surface area contributed by atoms with Gasteiger partial charge in [-0.2, -0.15) is 9.97 Å². The predicted octanol–water partition coefficient (Wildman–Crippen LogP) is 1.89. The van der Waals surface area contributed by atoms with Gasteiger partial charge in [0.15, 0.2) is 11.5 Å². The molecule has 0 aliphatic carbocycles. The van der Waals surface area contributed by atoms with Crippen LogP contribution in [0.25, 0.3) is 11.2 Å². The Morgan fingerprint density at radius 1 is 1.32 bits per heavy atom. The molecule has 0 aliphatic heterocycles. The SMILES string of the molecule is COC(C)Nc1nc(N)c2[nH]c(=O)n(Cc3ccc(CCl)cc3)c2n1. The van der Waals surface area contributed by atoms with E-state index in [2.05, 4.69) is 20.3 Å². The zero-order valence-electron chi connectivity index (χ0n) is 13.9. The number of methoxy groups -OCH3 is 1. The van der Waals surface area contributed by atoms with Gasteiger partial charge < -0.3 is 20.8 Å². The highest BCUT2D eigenvalue weighted by atomic mass is 35.5. The Morgan fingerprint density at radius 3 is 2.64 bits per heavy atom. The van der Waals surface area contributed by atoms with E-state index in [1.54, 1.807) is 7.11 Å². The van der Waals surface area contributed by atoms with Crippen molar-refractivity contribution in [3.05, 3.63) is 45.9 Å². The van der Waals surface area contributed by atoms with Crippen LogP contribution in [0.3, 0.4) is 0 Å². The van der Waals surface area contributed by atoms with Gasteiger partial charge in [0.25, 0.3) is 0 Å². The van der Waals surface area contributed by atoms with Crippen molar-refractivity contribution in [2.24, 2.45) is 0 Å². The second kappa shape index (κ2) is 7.12. The summed E-state index contributed by atoms with van der Waals surface area (Å²) >= 11 is 5.81. The smallest absolute Gasteiger partial charge is 0.328 e. The summed E-state index contributed by atoms with van der Waals surface area (Å²) in [7, 11) is 1.57. The first-order chi connectivity index (χ1) is 12.0. The van der Waals surface area contributed by atoms with Crippen LogP contribution in [-0.4, -0.2) is 32.9 Å². The van der Waals surface area contributed by atoms with Crippen molar-refractivity contribution in [3.63, 3.8) is 0 Å². The molecule has 0 amide bonds. The summed E-state index contributed by atoms with van der Waals surface area (Å²) in [6.45, 7) is 2.17. The molecule has 9 heteroatoms. The van der Waals surface area contributed by atoms with Crippen LogP contribution < -0.4 is 16.7 Å². The van der Waals surface area contributed by atoms with Crippen molar-refractivity contribution >= 4 is 34.5 Å². The van der Waals surface area contributed by atoms with Gasteiger partial charge in [-0.1, -0.05) is 24.3 Å². The number of ether oxygens (including phenoxy) is 1. The van der Waals surface area contributed by atoms with Gasteiger partial charge in [0, 0.05) is 13.0 Å². The van der Waals surface area contributed by atoms with Gasteiger partial charge >= 0.3 is 5.69 Å². The molecule has 0 bridgehead atoms. The third kappa shape index (κ3) is 3.59. The van der Waals surface area contributed by atoms with Gasteiger partial charge in [-0.25, -0.2) is 4.79 Å². The van der Waals surface area contributed by atoms with Crippen molar-refractivity contribution in [2.45, 2.75) is 25.6 Å². The molecule has 25 heavy (non-hydrogen) atoms. The third-order valence-electron chi connectivity index (χ3n) is 3.85. The molecule has 0 saturated heterocycles. The van der Waals surface area contributed by atoms with E-state index in [9.17, 15) is 4.79 Å². The van der Waals surface area contributed by atoms with E-state index < -0.39 is 0 Å². The van der Waals surface area contributed by atoms with Gasteiger partial charge in [0.05, 0.1) is 6.54 Å². The number of nitrogens with two attached hydrogens (primary N) is 1. The Balaban J connectivity index is 2.01. The van der Waals surface area contributed by atoms with Crippen LogP contribution in [0.2, 0.25) is 0 Å². The van der Waals surface area contributed by atoms with Crippen molar-refractivity contribution in [1.82, 2.24) is 19.5 Å². The first-order valence-corrected chi connectivity index (χ1v) is 8.24. The quantitative estimate of drug-likeness (QED) is 0.456. The van der Waals surface area contributed by atoms with Crippen LogP contribution in [0.4, 0.5) is 11.8 Å². The number of imidazole rings is 1. The van der Waals surface area contributed by atoms with E-state index >= 15 is 0 Å². The molecule has 3 rings (SSSR count). The van der Waals surface area contributed by atoms with E-state index in [-0.39, 0.29) is 17.7 Å². The molecule has 0 aliphatic rings. The number of hydrogen-bond donors (Lipinski definition) is 3. The number of nitrogen functional groups attached to an aromatic ring is 1. The molecule has 3 aromatic rings. The maximum absolute atomic E-state index is 12.3. The van der Waals surface area contributed by atoms with Crippen molar-refractivity contribution in [3.8, 4) is 0 Å². The highest BCUT2D eigenvalue weighted by Gasteiger charge is 2.15. The molecule has 0 fully saturated rings. The van der Waals surface area contributed by atoms with Crippen LogP contribution in [0.15, 0.2) is 29.1 Å². The lowest BCUT2D eigenvalue weighted by atomic mass is 10.1. The highest BCUT2D eigenvalue weighted by Crippen LogP contribution is 2.18. The summed E-state index contributed by atoms with van der Waals surface area (Å²) in [4.78, 5) is 23.6. The molecular formula is C16H19ClN6O2. The minimum atomic E-state index is -0.297. The minimum Gasteiger partial charge on any atom is -0.382 e. The molecular weight excluding hydrogens is 344 g/mol. The Bertz CT molecular complexity index is 934. The van der Waals surface area contributed by atoms with E-state index in [0.29, 0.717) is 29.5 Å². The van der Waals surface area contributed by atoms with Crippen LogP contribution in [0.1, 0.15) is 18.1 Å². The highest BCUT2D eigenvalue weighted by molar-refractivity contribution is 6.17. The normalized spacial score (nSPS) is 12.4. The lowest BCUT2D eigenvalue weighted by Gasteiger charge is -2.12. The molecule has 1 atom stereocenters. The average Bonchev–Trinajstić information content (AvgIpc) is 2.92. The minimum absolute atomic E-state index is 0.198. The van der Waals surface area contributed by atoms with Crippen LogP contribution in [0, 0.1) is 0 Å². The number of nitrogens with one attached hydrogen (secondary N) is 2. The fourth-order valence-corrected chi connectivity index (χ4v) is 2.60. The topological polar surface area (TPSA) is 111 Å². The molecule has 1 aromatic carbocycles. The largest absolute Gasteiger partial charge is 0.382 e. The number of nitrogens with zero attached hydrogens (tertiary/aromatic N) is 3. The lowest BCUT2D eigenvalue weighted by molar-refractivity contribution is 0.140. The van der Waals surface area contributed by atoms with E-state index in [1.165, 1.54) is 4.57 Å². The number of halogens is 1. The first kappa shape index (κ1) is 17.2. The summed E-state index contributed by atoms with van der Waals surface area (Å²) in [5, 5.41) is 2.97. The fraction of sp³-hybridized carbons (Fsp3) is 0.312. The number of anilines is 2. The molecule has 4 N–H and O–H groups in total. The Labute approximate surface area is 149 Å². The van der Waals surface area contributed by atoms with Crippen molar-refractivity contribution < 1.29 is 4.74 Å². The number of hydrogen-bond acceptors (Lipinski definition) is 6. The van der Waals surface area contributed by atoms with Gasteiger partial charge in [-0.3, -0.25) is 4.57 Å². The number of benzene rings is 1. The van der Waals surface area contributed by atoms with Gasteiger partial charge in [-0.15, -0.1) is 11.6 Å². The second-order valence-corrected chi connectivity index (χ2v) is 5.89. The zero-order chi connectivity index (χ0) is 18.0. The molecule has 0 radical (unpaired) electrons. The molecule has 8 nitrogen and oxygen atoms in total. The molecule has 1 unspecified atom stereocenters. The summed E-state index contributed by atoms with van der Waals surface area (Å²) in [6.07, 6.45) is -0.293. The monoisotopic (exact) mass is 362 g/mol. The molecule has 2 aromatic heterocycles. The summed E-state index contributed by atoms with van der Waals surface area (Å²) < 4.78 is 6.66. The predicted molar refractivity (Wildman–Crippen MR) is 97.8 cm³/mol. The first-order valence-electron chi connectivity index (χ1n) is 7.71. The number of fused-ring (bicyclic) bond motifs is 1. The van der Waals surface area contributed by atoms with Gasteiger partial charge in [-0.05, 0) is 18.1 Å². The van der Waals surface area contributed by atoms with E-state index in [0.717, 1.165) is 11.1 Å². The zero-order valence-corrected chi connectivity index (χ0v) is 14.7. The third-order valence-corrected chi connectivity index (χ3v) is 4.16. The molecule has 2 heterocycles. The fourth-order valence-electron chi connectivity index (χ4n) is 2.42. The Hall–Kier alpha value is -2.58. The molecule has 132 valence electrons. The lowest BCUT2D eigenvalue weighted by Crippen LogP contribution is -2.20. The number of alkyl halides is 1. The summed E-state index contributed by atoms with van der Waals surface area (Å²) in [6, 6.07) is 7.72. The van der Waals surface area contributed by atoms with Crippen LogP contribution in [-0.2, 0) is 17.2 Å². The number of aromatic amines is 1. The van der Waals surface area contributed by atoms with Crippen LogP contribution in [0.5, 0.6) is 0 Å². The number of H-pyrrole nitrogens is 1. The number of aromatic nitrogens is 4. The standard InChI is InChI=1S/C16H19ClN6O2/c1-9(25-2)19-15-21-13(18)12-14(22-15)23(16(24)20-12)8-11-5-3-10(7-17)4-6-11/h3-6,9H,7-8H2,1-2H3,(H,20,24)(H3,18,19,21,22). The molecule has 0 spiro atoms. The summed E-state index contributed by atoms with van der Waals surface area (Å²) in [5.74, 6) is 0.942. The number of rotatable bonds is 6.